The molecule has 4 rings (SSSR count). The molecule has 15 heteroatoms. The third-order valence-electron chi connectivity index (χ3n) is 7.20. The number of methoxy groups -OCH3 is 1. The number of hydrogen-bond donors (Lipinski definition) is 4. The molecule has 3 unspecified atom stereocenters. The van der Waals surface area contributed by atoms with Gasteiger partial charge in [0.25, 0.3) is 0 Å². The number of hydrogen-bond acceptors (Lipinski definition) is 13. The van der Waals surface area contributed by atoms with Gasteiger partial charge in [-0.25, -0.2) is 9.59 Å². The Morgan fingerprint density at radius 2 is 1.82 bits per heavy atom. The smallest absolute Gasteiger partial charge is 0.335 e. The van der Waals surface area contributed by atoms with Crippen molar-refractivity contribution in [1.29, 1.82) is 0 Å². The molecule has 2 saturated heterocycles. The van der Waals surface area contributed by atoms with Crippen LogP contribution >= 0.6 is 11.8 Å². The molecule has 2 aromatic rings. The number of nitrogens with one attached hydrogen (secondary N) is 1. The lowest BCUT2D eigenvalue weighted by Crippen LogP contribution is -2.71. The van der Waals surface area contributed by atoms with Crippen molar-refractivity contribution in [2.45, 2.75) is 54.9 Å². The predicted octanol–water partition coefficient (Wildman–Crippen LogP) is 2.20. The molecule has 0 aliphatic carbocycles. The summed E-state index contributed by atoms with van der Waals surface area (Å²) in [5.74, 6) is -1.76. The van der Waals surface area contributed by atoms with Gasteiger partial charge in [0.05, 0.1) is 25.7 Å². The van der Waals surface area contributed by atoms with Gasteiger partial charge in [0.15, 0.2) is 11.5 Å². The second-order valence-electron chi connectivity index (χ2n) is 10.8. The lowest BCUT2D eigenvalue weighted by Gasteiger charge is -2.44. The highest BCUT2D eigenvalue weighted by molar-refractivity contribution is 8.01. The molecule has 2 aliphatic heterocycles. The van der Waals surface area contributed by atoms with Gasteiger partial charge in [-0.05, 0) is 56.0 Å². The Hall–Kier alpha value is -3.99. The fourth-order valence-corrected chi connectivity index (χ4v) is 6.57. The van der Waals surface area contributed by atoms with Crippen LogP contribution in [0.5, 0.6) is 11.5 Å². The number of esters is 2. The largest absolute Gasteiger partial charge is 0.493 e. The fourth-order valence-electron chi connectivity index (χ4n) is 4.95. The molecule has 2 heterocycles. The van der Waals surface area contributed by atoms with Gasteiger partial charge in [0.2, 0.25) is 11.8 Å². The van der Waals surface area contributed by atoms with E-state index in [4.69, 9.17) is 30.4 Å². The Kier molecular flexibility index (Phi) is 11.2. The third kappa shape index (κ3) is 8.19. The van der Waals surface area contributed by atoms with Crippen LogP contribution in [-0.4, -0.2) is 87.0 Å². The van der Waals surface area contributed by atoms with Crippen molar-refractivity contribution >= 4 is 41.6 Å². The van der Waals surface area contributed by atoms with Crippen LogP contribution < -0.4 is 20.5 Å². The van der Waals surface area contributed by atoms with Crippen LogP contribution in [0.3, 0.4) is 0 Å². The van der Waals surface area contributed by atoms with Gasteiger partial charge in [-0.3, -0.25) is 24.8 Å². The van der Waals surface area contributed by atoms with Crippen LogP contribution in [0.15, 0.2) is 54.6 Å². The van der Waals surface area contributed by atoms with Gasteiger partial charge >= 0.3 is 11.9 Å². The van der Waals surface area contributed by atoms with Gasteiger partial charge in [-0.2, -0.15) is 0 Å². The lowest BCUT2D eigenvalue weighted by molar-refractivity contribution is -0.492. The molecule has 0 saturated carbocycles. The average Bonchev–Trinajstić information content (AvgIpc) is 3.28. The van der Waals surface area contributed by atoms with Crippen LogP contribution in [0.1, 0.15) is 43.9 Å². The number of ether oxygens (including phenoxy) is 3. The van der Waals surface area contributed by atoms with Gasteiger partial charge < -0.3 is 30.2 Å². The molecule has 0 aromatic heterocycles. The molecule has 0 bridgehead atoms. The summed E-state index contributed by atoms with van der Waals surface area (Å²) >= 11 is 1.39. The maximum atomic E-state index is 13.5. The molecule has 242 valence electrons. The second-order valence-corrected chi connectivity index (χ2v) is 12.5. The molecule has 0 spiro atoms. The Balaban J connectivity index is 1.34. The highest BCUT2D eigenvalue weighted by atomic mass is 32.2. The minimum atomic E-state index is -0.942. The Bertz CT molecular complexity index is 1420. The Labute approximate surface area is 263 Å². The van der Waals surface area contributed by atoms with Crippen LogP contribution in [0.2, 0.25) is 0 Å². The summed E-state index contributed by atoms with van der Waals surface area (Å²) in [6.45, 7) is 3.83. The zero-order valence-corrected chi connectivity index (χ0v) is 25.8. The van der Waals surface area contributed by atoms with Gasteiger partial charge in [0.1, 0.15) is 23.5 Å². The van der Waals surface area contributed by atoms with Gasteiger partial charge in [-0.1, -0.05) is 36.4 Å². The number of benzene rings is 2. The number of β-lactam (4-membered cyclic amide) rings is 1. The summed E-state index contributed by atoms with van der Waals surface area (Å²) in [6, 6.07) is 10.9. The van der Waals surface area contributed by atoms with E-state index < -0.39 is 52.0 Å². The first kappa shape index (κ1) is 33.9. The Morgan fingerprint density at radius 1 is 1.11 bits per heavy atom. The maximum Gasteiger partial charge on any atom is 0.335 e. The molecule has 14 nitrogen and oxygen atoms in total. The van der Waals surface area contributed by atoms with Crippen LogP contribution in [0.25, 0.3) is 6.08 Å². The van der Waals surface area contributed by atoms with Crippen molar-refractivity contribution in [3.63, 3.8) is 0 Å². The van der Waals surface area contributed by atoms with Crippen molar-refractivity contribution in [3.8, 4) is 11.5 Å². The van der Waals surface area contributed by atoms with E-state index in [9.17, 15) is 19.2 Å². The van der Waals surface area contributed by atoms with Gasteiger partial charge in [-0.15, -0.1) is 11.8 Å². The van der Waals surface area contributed by atoms with E-state index >= 15 is 0 Å². The van der Waals surface area contributed by atoms with Crippen LogP contribution in [0.4, 0.5) is 0 Å². The molecule has 45 heavy (non-hydrogen) atoms. The van der Waals surface area contributed by atoms with E-state index in [0.29, 0.717) is 24.0 Å². The SMILES string of the molecule is COc1cc(/C=C/C(=O)OCCCCON(O)O)ccc1OC(=O)C1N2C(=O)C(NC(=O)[C@@H](N)c3ccccc3)C2SC1(C)C. The van der Waals surface area contributed by atoms with E-state index in [1.54, 1.807) is 36.4 Å². The molecule has 2 aliphatic rings. The zero-order chi connectivity index (χ0) is 32.7. The number of rotatable bonds is 14. The normalized spacial score (nSPS) is 20.8. The second kappa shape index (κ2) is 14.9. The fraction of sp³-hybridized carbons (Fsp3) is 0.400. The van der Waals surface area contributed by atoms with Crippen molar-refractivity contribution in [1.82, 2.24) is 15.6 Å². The van der Waals surface area contributed by atoms with E-state index in [-0.39, 0.29) is 30.1 Å². The maximum absolute atomic E-state index is 13.5. The molecule has 0 radical (unpaired) electrons. The van der Waals surface area contributed by atoms with Crippen LogP contribution in [0, 0.1) is 0 Å². The number of carbonyl (C=O) groups excluding carboxylic acids is 4. The number of carbonyl (C=O) groups is 4. The van der Waals surface area contributed by atoms with Crippen LogP contribution in [-0.2, 0) is 28.8 Å². The van der Waals surface area contributed by atoms with Crippen molar-refractivity contribution < 1.29 is 48.6 Å². The van der Waals surface area contributed by atoms with Crippen molar-refractivity contribution in [2.24, 2.45) is 5.73 Å². The number of thioether (sulfide) groups is 1. The average molecular weight is 645 g/mol. The highest BCUT2D eigenvalue weighted by Crippen LogP contribution is 2.51. The van der Waals surface area contributed by atoms with E-state index in [1.807, 2.05) is 19.9 Å². The quantitative estimate of drug-likeness (QED) is 0.0585. The van der Waals surface area contributed by atoms with E-state index in [1.165, 1.54) is 42.0 Å². The first-order valence-electron chi connectivity index (χ1n) is 14.1. The number of nitrogens with zero attached hydrogens (tertiary/aromatic N) is 2. The molecular formula is C30H36N4O10S. The minimum Gasteiger partial charge on any atom is -0.493 e. The van der Waals surface area contributed by atoms with Crippen molar-refractivity contribution in [2.75, 3.05) is 20.3 Å². The monoisotopic (exact) mass is 644 g/mol. The lowest BCUT2D eigenvalue weighted by atomic mass is 9.95. The number of nitrogens with two attached hydrogens (primary N) is 1. The first-order valence-corrected chi connectivity index (χ1v) is 15.0. The summed E-state index contributed by atoms with van der Waals surface area (Å²) in [7, 11) is 1.41. The standard InChI is InChI=1S/C30H36N4O10S/c1-30(2)25(33-27(37)24(28(33)45-30)32-26(36)23(31)19-9-5-4-6-10-19)29(38)44-20-13-11-18(17-21(20)41-3)12-14-22(35)42-15-7-8-16-43-34(39)40/h4-6,9-14,17,23-25,28,39-40H,7-8,15-16,31H2,1-3H3,(H,32,36)/b14-12+/t23-,24?,25?,28?/m0/s1. The molecule has 2 aromatic carbocycles. The van der Waals surface area contributed by atoms with Gasteiger partial charge in [0, 0.05) is 10.8 Å². The molecule has 5 N–H and O–H groups in total. The molecular weight excluding hydrogens is 608 g/mol. The summed E-state index contributed by atoms with van der Waals surface area (Å²) in [4.78, 5) is 57.3. The number of fused-ring (bicyclic) bond motifs is 1. The number of amides is 2. The highest BCUT2D eigenvalue weighted by Gasteiger charge is 2.64. The topological polar surface area (TPSA) is 190 Å². The van der Waals surface area contributed by atoms with Crippen molar-refractivity contribution in [3.05, 3.63) is 65.7 Å². The van der Waals surface area contributed by atoms with E-state index in [0.717, 1.165) is 0 Å². The number of unbranched alkanes of at least 4 members (excludes halogenated alkanes) is 1. The molecule has 2 fully saturated rings. The molecule has 2 amide bonds. The zero-order valence-electron chi connectivity index (χ0n) is 25.0. The minimum absolute atomic E-state index is 0.0478. The summed E-state index contributed by atoms with van der Waals surface area (Å²) in [5.41, 5.74) is 7.29. The summed E-state index contributed by atoms with van der Waals surface area (Å²) in [5, 5.41) is 18.8. The Morgan fingerprint density at radius 3 is 2.51 bits per heavy atom. The molecule has 4 atom stereocenters. The van der Waals surface area contributed by atoms with E-state index in [2.05, 4.69) is 10.2 Å². The summed E-state index contributed by atoms with van der Waals surface area (Å²) in [6.07, 6.45) is 3.64. The third-order valence-corrected chi connectivity index (χ3v) is 8.77. The summed E-state index contributed by atoms with van der Waals surface area (Å²) < 4.78 is 15.5. The first-order chi connectivity index (χ1) is 21.4. The predicted molar refractivity (Wildman–Crippen MR) is 161 cm³/mol.